The van der Waals surface area contributed by atoms with Crippen LogP contribution in [0, 0.1) is 0 Å². The van der Waals surface area contributed by atoms with Crippen molar-refractivity contribution in [2.75, 3.05) is 18.0 Å². The molecule has 80 valence electrons. The maximum Gasteiger partial charge on any atom is 0.148 e. The Morgan fingerprint density at radius 3 is 2.47 bits per heavy atom. The Bertz CT molecular complexity index is 328. The second-order valence-electron chi connectivity index (χ2n) is 3.01. The third kappa shape index (κ3) is 3.18. The number of aromatic nitrogens is 2. The van der Waals surface area contributed by atoms with Gasteiger partial charge in [0, 0.05) is 13.1 Å². The molecule has 4 nitrogen and oxygen atoms in total. The van der Waals surface area contributed by atoms with Gasteiger partial charge in [-0.25, -0.2) is 4.98 Å². The SMILES string of the molecule is C=CCN(CC=C)c1cncc(CO)n1. The zero-order valence-corrected chi connectivity index (χ0v) is 8.63. The average molecular weight is 205 g/mol. The molecule has 0 saturated heterocycles. The van der Waals surface area contributed by atoms with E-state index >= 15 is 0 Å². The van der Waals surface area contributed by atoms with Gasteiger partial charge in [0.25, 0.3) is 0 Å². The van der Waals surface area contributed by atoms with E-state index < -0.39 is 0 Å². The van der Waals surface area contributed by atoms with Gasteiger partial charge in [-0.1, -0.05) is 12.2 Å². The molecule has 0 aliphatic carbocycles. The molecule has 1 heterocycles. The van der Waals surface area contributed by atoms with Crippen LogP contribution in [0.25, 0.3) is 0 Å². The summed E-state index contributed by atoms with van der Waals surface area (Å²) in [4.78, 5) is 10.2. The lowest BCUT2D eigenvalue weighted by Gasteiger charge is -2.20. The van der Waals surface area contributed by atoms with E-state index in [1.54, 1.807) is 24.5 Å². The van der Waals surface area contributed by atoms with Gasteiger partial charge in [0.2, 0.25) is 0 Å². The van der Waals surface area contributed by atoms with Crippen LogP contribution in [0.15, 0.2) is 37.7 Å². The third-order valence-corrected chi connectivity index (χ3v) is 1.86. The summed E-state index contributed by atoms with van der Waals surface area (Å²) in [6.45, 7) is 8.61. The van der Waals surface area contributed by atoms with Gasteiger partial charge in [-0.05, 0) is 0 Å². The highest BCUT2D eigenvalue weighted by Crippen LogP contribution is 2.09. The van der Waals surface area contributed by atoms with Gasteiger partial charge in [0.05, 0.1) is 24.7 Å². The molecule has 0 saturated carbocycles. The summed E-state index contributed by atoms with van der Waals surface area (Å²) in [5, 5.41) is 8.94. The smallest absolute Gasteiger partial charge is 0.148 e. The van der Waals surface area contributed by atoms with Crippen molar-refractivity contribution < 1.29 is 5.11 Å². The van der Waals surface area contributed by atoms with Gasteiger partial charge in [0.15, 0.2) is 0 Å². The highest BCUT2D eigenvalue weighted by Gasteiger charge is 2.05. The highest BCUT2D eigenvalue weighted by atomic mass is 16.3. The molecule has 0 aliphatic heterocycles. The Balaban J connectivity index is 2.88. The van der Waals surface area contributed by atoms with Crippen LogP contribution >= 0.6 is 0 Å². The monoisotopic (exact) mass is 205 g/mol. The van der Waals surface area contributed by atoms with Crippen molar-refractivity contribution >= 4 is 5.82 Å². The summed E-state index contributed by atoms with van der Waals surface area (Å²) in [5.41, 5.74) is 0.561. The van der Waals surface area contributed by atoms with Crippen molar-refractivity contribution in [2.45, 2.75) is 6.61 Å². The van der Waals surface area contributed by atoms with Crippen LogP contribution in [0.3, 0.4) is 0 Å². The maximum atomic E-state index is 8.94. The van der Waals surface area contributed by atoms with Crippen LogP contribution in [-0.2, 0) is 6.61 Å². The molecule has 0 atom stereocenters. The minimum absolute atomic E-state index is 0.100. The molecule has 15 heavy (non-hydrogen) atoms. The summed E-state index contributed by atoms with van der Waals surface area (Å²) >= 11 is 0. The normalized spacial score (nSPS) is 9.67. The Kier molecular flexibility index (Phi) is 4.50. The predicted molar refractivity (Wildman–Crippen MR) is 60.6 cm³/mol. The number of anilines is 1. The topological polar surface area (TPSA) is 49.2 Å². The molecule has 0 fully saturated rings. The number of aliphatic hydroxyl groups excluding tert-OH is 1. The number of hydrogen-bond acceptors (Lipinski definition) is 4. The highest BCUT2D eigenvalue weighted by molar-refractivity contribution is 5.38. The Morgan fingerprint density at radius 1 is 1.27 bits per heavy atom. The van der Waals surface area contributed by atoms with Gasteiger partial charge in [-0.15, -0.1) is 13.2 Å². The van der Waals surface area contributed by atoms with Crippen LogP contribution in [0.2, 0.25) is 0 Å². The fourth-order valence-corrected chi connectivity index (χ4v) is 1.20. The van der Waals surface area contributed by atoms with E-state index in [4.69, 9.17) is 5.11 Å². The Labute approximate surface area is 89.6 Å². The van der Waals surface area contributed by atoms with Crippen molar-refractivity contribution in [3.8, 4) is 0 Å². The summed E-state index contributed by atoms with van der Waals surface area (Å²) in [7, 11) is 0. The zero-order valence-electron chi connectivity index (χ0n) is 8.63. The predicted octanol–water partition coefficient (Wildman–Crippen LogP) is 1.15. The Morgan fingerprint density at radius 2 is 1.93 bits per heavy atom. The first-order valence-corrected chi connectivity index (χ1v) is 4.70. The molecule has 1 aromatic heterocycles. The van der Waals surface area contributed by atoms with E-state index in [0.29, 0.717) is 18.8 Å². The Hall–Kier alpha value is -1.68. The second-order valence-corrected chi connectivity index (χ2v) is 3.01. The number of hydrogen-bond donors (Lipinski definition) is 1. The summed E-state index contributed by atoms with van der Waals surface area (Å²) in [6, 6.07) is 0. The van der Waals surface area contributed by atoms with E-state index in [-0.39, 0.29) is 6.61 Å². The molecular weight excluding hydrogens is 190 g/mol. The van der Waals surface area contributed by atoms with Crippen LogP contribution in [-0.4, -0.2) is 28.2 Å². The third-order valence-electron chi connectivity index (χ3n) is 1.86. The second kappa shape index (κ2) is 5.93. The zero-order chi connectivity index (χ0) is 11.1. The minimum atomic E-state index is -0.100. The molecule has 1 aromatic rings. The fraction of sp³-hybridized carbons (Fsp3) is 0.273. The van der Waals surface area contributed by atoms with E-state index in [1.165, 1.54) is 0 Å². The number of nitrogens with zero attached hydrogens (tertiary/aromatic N) is 3. The lowest BCUT2D eigenvalue weighted by Crippen LogP contribution is -2.24. The van der Waals surface area contributed by atoms with Crippen LogP contribution in [0.4, 0.5) is 5.82 Å². The van der Waals surface area contributed by atoms with Gasteiger partial charge >= 0.3 is 0 Å². The molecule has 0 aromatic carbocycles. The lowest BCUT2D eigenvalue weighted by atomic mass is 10.4. The molecule has 0 spiro atoms. The van der Waals surface area contributed by atoms with Crippen LogP contribution in [0.1, 0.15) is 5.69 Å². The first-order valence-electron chi connectivity index (χ1n) is 4.70. The summed E-state index contributed by atoms with van der Waals surface area (Å²) in [5.74, 6) is 0.723. The number of rotatable bonds is 6. The number of aliphatic hydroxyl groups is 1. The molecule has 0 unspecified atom stereocenters. The van der Waals surface area contributed by atoms with E-state index in [1.807, 2.05) is 4.90 Å². The minimum Gasteiger partial charge on any atom is -0.390 e. The maximum absolute atomic E-state index is 8.94. The standard InChI is InChI=1S/C11H15N3O/c1-3-5-14(6-4-2)11-8-12-7-10(9-15)13-11/h3-4,7-8,15H,1-2,5-6,9H2. The van der Waals surface area contributed by atoms with E-state index in [0.717, 1.165) is 5.82 Å². The van der Waals surface area contributed by atoms with Crippen molar-refractivity contribution in [1.82, 2.24) is 9.97 Å². The van der Waals surface area contributed by atoms with Crippen molar-refractivity contribution in [2.24, 2.45) is 0 Å². The fourth-order valence-electron chi connectivity index (χ4n) is 1.20. The summed E-state index contributed by atoms with van der Waals surface area (Å²) < 4.78 is 0. The molecule has 1 N–H and O–H groups in total. The van der Waals surface area contributed by atoms with E-state index in [2.05, 4.69) is 23.1 Å². The van der Waals surface area contributed by atoms with Gasteiger partial charge in [-0.2, -0.15) is 0 Å². The molecule has 4 heteroatoms. The first-order chi connectivity index (χ1) is 7.31. The average Bonchev–Trinajstić information content (AvgIpc) is 2.29. The van der Waals surface area contributed by atoms with Gasteiger partial charge in [0.1, 0.15) is 5.82 Å². The van der Waals surface area contributed by atoms with Crippen LogP contribution in [0.5, 0.6) is 0 Å². The van der Waals surface area contributed by atoms with Crippen molar-refractivity contribution in [3.63, 3.8) is 0 Å². The van der Waals surface area contributed by atoms with Gasteiger partial charge in [-0.3, -0.25) is 4.98 Å². The quantitative estimate of drug-likeness (QED) is 0.708. The van der Waals surface area contributed by atoms with Crippen molar-refractivity contribution in [3.05, 3.63) is 43.4 Å². The molecular formula is C11H15N3O. The van der Waals surface area contributed by atoms with Crippen molar-refractivity contribution in [1.29, 1.82) is 0 Å². The molecule has 1 rings (SSSR count). The van der Waals surface area contributed by atoms with E-state index in [9.17, 15) is 0 Å². The molecule has 0 aliphatic rings. The largest absolute Gasteiger partial charge is 0.390 e. The molecule has 0 bridgehead atoms. The molecule has 0 radical (unpaired) electrons. The lowest BCUT2D eigenvalue weighted by molar-refractivity contribution is 0.276. The summed E-state index contributed by atoms with van der Waals surface area (Å²) in [6.07, 6.45) is 6.78. The van der Waals surface area contributed by atoms with Gasteiger partial charge < -0.3 is 10.0 Å². The van der Waals surface area contributed by atoms with Crippen LogP contribution < -0.4 is 4.90 Å². The first kappa shape index (κ1) is 11.4. The molecule has 0 amide bonds.